The largest absolute Gasteiger partial charge is 0.461 e. The summed E-state index contributed by atoms with van der Waals surface area (Å²) in [5, 5.41) is 8.55. The SMILES string of the molecule is CCOC(=O)c1nc2cccc(C)n2c1N=Nc1cccc(C)c1. The smallest absolute Gasteiger partial charge is 0.360 e. The summed E-state index contributed by atoms with van der Waals surface area (Å²) in [5.41, 5.74) is 3.52. The quantitative estimate of drug-likeness (QED) is 0.523. The van der Waals surface area contributed by atoms with Crippen LogP contribution in [-0.2, 0) is 4.74 Å². The number of aryl methyl sites for hydroxylation is 2. The number of nitrogens with zero attached hydrogens (tertiary/aromatic N) is 4. The molecule has 0 aliphatic rings. The van der Waals surface area contributed by atoms with Crippen LogP contribution in [-0.4, -0.2) is 22.0 Å². The average Bonchev–Trinajstić information content (AvgIpc) is 2.93. The van der Waals surface area contributed by atoms with Crippen molar-refractivity contribution in [1.82, 2.24) is 9.38 Å². The second-order valence-electron chi connectivity index (χ2n) is 5.40. The fourth-order valence-corrected chi connectivity index (χ4v) is 2.46. The van der Waals surface area contributed by atoms with Gasteiger partial charge in [0, 0.05) is 5.69 Å². The van der Waals surface area contributed by atoms with E-state index in [1.807, 2.05) is 56.3 Å². The van der Waals surface area contributed by atoms with Gasteiger partial charge in [-0.1, -0.05) is 18.2 Å². The fourth-order valence-electron chi connectivity index (χ4n) is 2.46. The van der Waals surface area contributed by atoms with E-state index >= 15 is 0 Å². The van der Waals surface area contributed by atoms with Gasteiger partial charge in [0.25, 0.3) is 0 Å². The van der Waals surface area contributed by atoms with Crippen molar-refractivity contribution in [3.8, 4) is 0 Å². The van der Waals surface area contributed by atoms with E-state index in [9.17, 15) is 4.79 Å². The van der Waals surface area contributed by atoms with E-state index in [0.29, 0.717) is 17.2 Å². The number of ether oxygens (including phenoxy) is 1. The molecule has 0 bridgehead atoms. The summed E-state index contributed by atoms with van der Waals surface area (Å²) >= 11 is 0. The highest BCUT2D eigenvalue weighted by Gasteiger charge is 2.21. The van der Waals surface area contributed by atoms with Crippen LogP contribution in [0.4, 0.5) is 11.5 Å². The van der Waals surface area contributed by atoms with Crippen LogP contribution in [0.25, 0.3) is 5.65 Å². The molecule has 0 aliphatic carbocycles. The van der Waals surface area contributed by atoms with Gasteiger partial charge in [-0.3, -0.25) is 4.40 Å². The van der Waals surface area contributed by atoms with Gasteiger partial charge in [0.15, 0.2) is 11.5 Å². The molecule has 3 rings (SSSR count). The topological polar surface area (TPSA) is 68.3 Å². The Labute approximate surface area is 139 Å². The van der Waals surface area contributed by atoms with Crippen molar-refractivity contribution in [2.45, 2.75) is 20.8 Å². The molecule has 0 spiro atoms. The predicted octanol–water partition coefficient (Wildman–Crippen LogP) is 4.54. The lowest BCUT2D eigenvalue weighted by atomic mass is 10.2. The minimum atomic E-state index is -0.501. The summed E-state index contributed by atoms with van der Waals surface area (Å²) in [6.45, 7) is 5.95. The predicted molar refractivity (Wildman–Crippen MR) is 91.2 cm³/mol. The Morgan fingerprint density at radius 1 is 1.17 bits per heavy atom. The molecular weight excluding hydrogens is 304 g/mol. The number of hydrogen-bond acceptors (Lipinski definition) is 5. The molecule has 24 heavy (non-hydrogen) atoms. The first-order valence-corrected chi connectivity index (χ1v) is 7.73. The molecule has 3 aromatic rings. The highest BCUT2D eigenvalue weighted by atomic mass is 16.5. The van der Waals surface area contributed by atoms with E-state index in [0.717, 1.165) is 11.3 Å². The summed E-state index contributed by atoms with van der Waals surface area (Å²) in [5.74, 6) is -0.123. The number of carbonyl (C=O) groups excluding carboxylic acids is 1. The van der Waals surface area contributed by atoms with Crippen LogP contribution in [0.15, 0.2) is 52.7 Å². The molecule has 2 aromatic heterocycles. The van der Waals surface area contributed by atoms with Gasteiger partial charge >= 0.3 is 5.97 Å². The zero-order valence-electron chi connectivity index (χ0n) is 13.9. The van der Waals surface area contributed by atoms with Crippen LogP contribution in [0.2, 0.25) is 0 Å². The van der Waals surface area contributed by atoms with Gasteiger partial charge in [0.2, 0.25) is 0 Å². The van der Waals surface area contributed by atoms with Gasteiger partial charge in [-0.25, -0.2) is 9.78 Å². The first-order chi connectivity index (χ1) is 11.6. The van der Waals surface area contributed by atoms with Gasteiger partial charge < -0.3 is 4.74 Å². The Morgan fingerprint density at radius 2 is 1.96 bits per heavy atom. The van der Waals surface area contributed by atoms with Crippen molar-refractivity contribution in [3.05, 3.63) is 59.4 Å². The van der Waals surface area contributed by atoms with Crippen molar-refractivity contribution < 1.29 is 9.53 Å². The van der Waals surface area contributed by atoms with Gasteiger partial charge in [-0.2, -0.15) is 0 Å². The van der Waals surface area contributed by atoms with Crippen molar-refractivity contribution in [3.63, 3.8) is 0 Å². The lowest BCUT2D eigenvalue weighted by Gasteiger charge is -2.02. The molecular formula is C18H18N4O2. The molecule has 1 aromatic carbocycles. The maximum atomic E-state index is 12.2. The molecule has 0 saturated carbocycles. The minimum absolute atomic E-state index is 0.169. The third-order valence-electron chi connectivity index (χ3n) is 3.55. The van der Waals surface area contributed by atoms with Crippen LogP contribution >= 0.6 is 0 Å². The lowest BCUT2D eigenvalue weighted by Crippen LogP contribution is -2.05. The van der Waals surface area contributed by atoms with Crippen molar-refractivity contribution in [1.29, 1.82) is 0 Å². The number of azo groups is 1. The Balaban J connectivity index is 2.13. The summed E-state index contributed by atoms with van der Waals surface area (Å²) in [4.78, 5) is 16.6. The molecule has 2 heterocycles. The Bertz CT molecular complexity index is 928. The molecule has 0 fully saturated rings. The van der Waals surface area contributed by atoms with Gasteiger partial charge in [0.05, 0.1) is 12.3 Å². The first-order valence-electron chi connectivity index (χ1n) is 7.73. The highest BCUT2D eigenvalue weighted by molar-refractivity contribution is 5.93. The third-order valence-corrected chi connectivity index (χ3v) is 3.55. The molecule has 0 N–H and O–H groups in total. The minimum Gasteiger partial charge on any atom is -0.461 e. The van der Waals surface area contributed by atoms with Gasteiger partial charge in [-0.05, 0) is 50.6 Å². The third kappa shape index (κ3) is 3.03. The monoisotopic (exact) mass is 322 g/mol. The Hall–Kier alpha value is -3.02. The average molecular weight is 322 g/mol. The number of aromatic nitrogens is 2. The zero-order valence-corrected chi connectivity index (χ0v) is 13.9. The number of benzene rings is 1. The maximum Gasteiger partial charge on any atom is 0.360 e. The van der Waals surface area contributed by atoms with Crippen LogP contribution in [0.5, 0.6) is 0 Å². The molecule has 0 amide bonds. The summed E-state index contributed by atoms with van der Waals surface area (Å²) in [6.07, 6.45) is 0. The fraction of sp³-hybridized carbons (Fsp3) is 0.222. The van der Waals surface area contributed by atoms with Crippen LogP contribution in [0.3, 0.4) is 0 Å². The maximum absolute atomic E-state index is 12.2. The van der Waals surface area contributed by atoms with Crippen molar-refractivity contribution in [2.75, 3.05) is 6.61 Å². The Morgan fingerprint density at radius 3 is 2.71 bits per heavy atom. The van der Waals surface area contributed by atoms with E-state index < -0.39 is 5.97 Å². The van der Waals surface area contributed by atoms with Gasteiger partial charge in [-0.15, -0.1) is 10.2 Å². The molecule has 0 saturated heterocycles. The van der Waals surface area contributed by atoms with E-state index in [1.54, 1.807) is 11.3 Å². The lowest BCUT2D eigenvalue weighted by molar-refractivity contribution is 0.0521. The van der Waals surface area contributed by atoms with Crippen molar-refractivity contribution >= 4 is 23.1 Å². The van der Waals surface area contributed by atoms with Crippen LogP contribution < -0.4 is 0 Å². The summed E-state index contributed by atoms with van der Waals surface area (Å²) < 4.78 is 6.89. The molecule has 6 nitrogen and oxygen atoms in total. The van der Waals surface area contributed by atoms with E-state index in [-0.39, 0.29) is 12.3 Å². The molecule has 122 valence electrons. The normalized spacial score (nSPS) is 11.3. The van der Waals surface area contributed by atoms with E-state index in [1.165, 1.54) is 0 Å². The van der Waals surface area contributed by atoms with Crippen molar-refractivity contribution in [2.24, 2.45) is 10.2 Å². The molecule has 0 unspecified atom stereocenters. The first kappa shape index (κ1) is 15.9. The number of rotatable bonds is 4. The number of carbonyl (C=O) groups is 1. The summed E-state index contributed by atoms with van der Waals surface area (Å²) in [6, 6.07) is 13.3. The number of fused-ring (bicyclic) bond motifs is 1. The molecule has 0 aliphatic heterocycles. The van der Waals surface area contributed by atoms with Gasteiger partial charge in [0.1, 0.15) is 5.65 Å². The van der Waals surface area contributed by atoms with Crippen LogP contribution in [0, 0.1) is 13.8 Å². The molecule has 6 heteroatoms. The Kier molecular flexibility index (Phi) is 4.37. The number of imidazole rings is 1. The van der Waals surface area contributed by atoms with E-state index in [4.69, 9.17) is 4.74 Å². The second-order valence-corrected chi connectivity index (χ2v) is 5.40. The molecule has 0 atom stereocenters. The summed E-state index contributed by atoms with van der Waals surface area (Å²) in [7, 11) is 0. The molecule has 0 radical (unpaired) electrons. The number of pyridine rings is 1. The number of hydrogen-bond donors (Lipinski definition) is 0. The van der Waals surface area contributed by atoms with E-state index in [2.05, 4.69) is 15.2 Å². The van der Waals surface area contributed by atoms with Crippen LogP contribution in [0.1, 0.15) is 28.7 Å². The standard InChI is InChI=1S/C18H18N4O2/c1-4-24-18(23)16-17(21-20-14-9-5-7-12(2)11-14)22-13(3)8-6-10-15(22)19-16/h5-11H,4H2,1-3H3. The highest BCUT2D eigenvalue weighted by Crippen LogP contribution is 2.26. The number of esters is 1. The zero-order chi connectivity index (χ0) is 17.1. The second kappa shape index (κ2) is 6.62.